The summed E-state index contributed by atoms with van der Waals surface area (Å²) in [6, 6.07) is 7.05. The first-order valence-corrected chi connectivity index (χ1v) is 8.41. The predicted octanol–water partition coefficient (Wildman–Crippen LogP) is 3.88. The lowest BCUT2D eigenvalue weighted by Gasteiger charge is -2.11. The number of hydrogen-bond donors (Lipinski definition) is 1. The van der Waals surface area contributed by atoms with Gasteiger partial charge in [-0.05, 0) is 24.1 Å². The van der Waals surface area contributed by atoms with Gasteiger partial charge >= 0.3 is 0 Å². The van der Waals surface area contributed by atoms with Crippen molar-refractivity contribution >= 4 is 41.0 Å². The van der Waals surface area contributed by atoms with Gasteiger partial charge in [0, 0.05) is 31.2 Å². The summed E-state index contributed by atoms with van der Waals surface area (Å²) in [5, 5.41) is 7.97. The highest BCUT2D eigenvalue weighted by Gasteiger charge is 2.18. The van der Waals surface area contributed by atoms with E-state index in [9.17, 15) is 4.79 Å². The van der Waals surface area contributed by atoms with Gasteiger partial charge in [-0.1, -0.05) is 35.3 Å². The summed E-state index contributed by atoms with van der Waals surface area (Å²) < 4.78 is 7.16. The zero-order valence-corrected chi connectivity index (χ0v) is 14.4. The van der Waals surface area contributed by atoms with E-state index < -0.39 is 0 Å². The Kier molecular flexibility index (Phi) is 5.56. The second kappa shape index (κ2) is 7.83. The third kappa shape index (κ3) is 4.17. The molecule has 1 fully saturated rings. The highest BCUT2D eigenvalue weighted by molar-refractivity contribution is 6.42. The predicted molar refractivity (Wildman–Crippen MR) is 95.3 cm³/mol. The average molecular weight is 366 g/mol. The number of nitrogens with zero attached hydrogens (tertiary/aromatic N) is 2. The fourth-order valence-electron chi connectivity index (χ4n) is 2.54. The quantitative estimate of drug-likeness (QED) is 0.818. The minimum absolute atomic E-state index is 0.254. The van der Waals surface area contributed by atoms with E-state index in [1.54, 1.807) is 41.2 Å². The maximum absolute atomic E-state index is 12.1. The SMILES string of the molecule is O=C(/C=C/c1cccc(Cl)c1Cl)Nc1ccnn1CC1CCOC1. The van der Waals surface area contributed by atoms with Crippen LogP contribution in [0.15, 0.2) is 36.5 Å². The van der Waals surface area contributed by atoms with E-state index >= 15 is 0 Å². The topological polar surface area (TPSA) is 56.2 Å². The van der Waals surface area contributed by atoms with Gasteiger partial charge < -0.3 is 10.1 Å². The molecule has 0 radical (unpaired) electrons. The number of aromatic nitrogens is 2. The Bertz CT molecular complexity index is 752. The number of amides is 1. The lowest BCUT2D eigenvalue weighted by atomic mass is 10.1. The number of hydrogen-bond acceptors (Lipinski definition) is 3. The van der Waals surface area contributed by atoms with Crippen LogP contribution in [0.4, 0.5) is 5.82 Å². The molecule has 0 saturated carbocycles. The molecule has 5 nitrogen and oxygen atoms in total. The Morgan fingerprint density at radius 3 is 3.08 bits per heavy atom. The molecule has 1 aromatic carbocycles. The number of ether oxygens (including phenoxy) is 1. The molecule has 0 spiro atoms. The lowest BCUT2D eigenvalue weighted by Crippen LogP contribution is -2.17. The van der Waals surface area contributed by atoms with Gasteiger partial charge in [0.05, 0.1) is 22.8 Å². The molecule has 1 N–H and O–H groups in total. The molecule has 1 amide bonds. The van der Waals surface area contributed by atoms with Crippen LogP contribution in [0.2, 0.25) is 10.0 Å². The van der Waals surface area contributed by atoms with E-state index in [1.165, 1.54) is 6.08 Å². The van der Waals surface area contributed by atoms with E-state index in [0.29, 0.717) is 27.3 Å². The van der Waals surface area contributed by atoms with Crippen LogP contribution < -0.4 is 5.32 Å². The number of carbonyl (C=O) groups is 1. The first kappa shape index (κ1) is 17.0. The Hall–Kier alpha value is -1.82. The van der Waals surface area contributed by atoms with Gasteiger partial charge in [0.15, 0.2) is 0 Å². The lowest BCUT2D eigenvalue weighted by molar-refractivity contribution is -0.111. The Balaban J connectivity index is 1.64. The van der Waals surface area contributed by atoms with Crippen LogP contribution in [-0.4, -0.2) is 28.9 Å². The van der Waals surface area contributed by atoms with Crippen LogP contribution in [0.5, 0.6) is 0 Å². The van der Waals surface area contributed by atoms with Crippen LogP contribution in [0, 0.1) is 5.92 Å². The van der Waals surface area contributed by atoms with Crippen molar-refractivity contribution in [2.24, 2.45) is 5.92 Å². The molecule has 1 aromatic heterocycles. The molecule has 1 atom stereocenters. The maximum atomic E-state index is 12.1. The van der Waals surface area contributed by atoms with Crippen molar-refractivity contribution < 1.29 is 9.53 Å². The van der Waals surface area contributed by atoms with Crippen LogP contribution in [0.1, 0.15) is 12.0 Å². The first-order chi connectivity index (χ1) is 11.6. The van der Waals surface area contributed by atoms with E-state index in [0.717, 1.165) is 26.2 Å². The summed E-state index contributed by atoms with van der Waals surface area (Å²) in [6.45, 7) is 2.25. The Morgan fingerprint density at radius 1 is 1.42 bits per heavy atom. The second-order valence-corrected chi connectivity index (χ2v) is 6.38. The number of anilines is 1. The van der Waals surface area contributed by atoms with Crippen LogP contribution >= 0.6 is 23.2 Å². The largest absolute Gasteiger partial charge is 0.381 e. The number of carbonyl (C=O) groups excluding carboxylic acids is 1. The molecule has 126 valence electrons. The van der Waals surface area contributed by atoms with Crippen molar-refractivity contribution in [2.75, 3.05) is 18.5 Å². The van der Waals surface area contributed by atoms with Gasteiger partial charge in [0.25, 0.3) is 0 Å². The van der Waals surface area contributed by atoms with Gasteiger partial charge in [-0.25, -0.2) is 4.68 Å². The smallest absolute Gasteiger partial charge is 0.249 e. The minimum Gasteiger partial charge on any atom is -0.381 e. The Morgan fingerprint density at radius 2 is 2.29 bits per heavy atom. The molecule has 1 saturated heterocycles. The number of halogens is 2. The summed E-state index contributed by atoms with van der Waals surface area (Å²) in [5.41, 5.74) is 0.691. The molecule has 1 aliphatic heterocycles. The molecule has 0 aliphatic carbocycles. The molecule has 2 aromatic rings. The fourth-order valence-corrected chi connectivity index (χ4v) is 2.91. The third-order valence-corrected chi connectivity index (χ3v) is 4.65. The second-order valence-electron chi connectivity index (χ2n) is 5.59. The summed E-state index contributed by atoms with van der Waals surface area (Å²) in [4.78, 5) is 12.1. The molecule has 24 heavy (non-hydrogen) atoms. The molecular weight excluding hydrogens is 349 g/mol. The zero-order chi connectivity index (χ0) is 16.9. The van der Waals surface area contributed by atoms with Crippen molar-refractivity contribution in [3.05, 3.63) is 52.1 Å². The van der Waals surface area contributed by atoms with Gasteiger partial charge in [-0.15, -0.1) is 0 Å². The molecule has 0 bridgehead atoms. The zero-order valence-electron chi connectivity index (χ0n) is 12.9. The normalized spacial score (nSPS) is 17.5. The fraction of sp³-hybridized carbons (Fsp3) is 0.294. The van der Waals surface area contributed by atoms with Crippen molar-refractivity contribution in [1.82, 2.24) is 9.78 Å². The van der Waals surface area contributed by atoms with Gasteiger partial charge in [-0.3, -0.25) is 4.79 Å². The molecule has 1 unspecified atom stereocenters. The minimum atomic E-state index is -0.254. The highest BCUT2D eigenvalue weighted by atomic mass is 35.5. The van der Waals surface area contributed by atoms with Crippen molar-refractivity contribution in [3.8, 4) is 0 Å². The van der Waals surface area contributed by atoms with Crippen LogP contribution in [0.25, 0.3) is 6.08 Å². The maximum Gasteiger partial charge on any atom is 0.249 e. The van der Waals surface area contributed by atoms with Gasteiger partial charge in [-0.2, -0.15) is 5.10 Å². The van der Waals surface area contributed by atoms with Gasteiger partial charge in [0.2, 0.25) is 5.91 Å². The number of nitrogens with one attached hydrogen (secondary N) is 1. The summed E-state index contributed by atoms with van der Waals surface area (Å²) in [5.74, 6) is 0.838. The van der Waals surface area contributed by atoms with Gasteiger partial charge in [0.1, 0.15) is 5.82 Å². The Labute approximate surface area is 150 Å². The molecule has 1 aliphatic rings. The summed E-state index contributed by atoms with van der Waals surface area (Å²) in [7, 11) is 0. The van der Waals surface area contributed by atoms with Crippen molar-refractivity contribution in [1.29, 1.82) is 0 Å². The van der Waals surface area contributed by atoms with Crippen molar-refractivity contribution in [2.45, 2.75) is 13.0 Å². The van der Waals surface area contributed by atoms with Crippen LogP contribution in [0.3, 0.4) is 0 Å². The first-order valence-electron chi connectivity index (χ1n) is 7.66. The summed E-state index contributed by atoms with van der Waals surface area (Å²) >= 11 is 12.1. The van der Waals surface area contributed by atoms with E-state index in [1.807, 2.05) is 0 Å². The number of benzene rings is 1. The van der Waals surface area contributed by atoms with E-state index in [-0.39, 0.29) is 5.91 Å². The van der Waals surface area contributed by atoms with Crippen molar-refractivity contribution in [3.63, 3.8) is 0 Å². The summed E-state index contributed by atoms with van der Waals surface area (Å²) in [6.07, 6.45) is 5.74. The van der Waals surface area contributed by atoms with E-state index in [4.69, 9.17) is 27.9 Å². The molecule has 2 heterocycles. The van der Waals surface area contributed by atoms with Crippen LogP contribution in [-0.2, 0) is 16.1 Å². The van der Waals surface area contributed by atoms with E-state index in [2.05, 4.69) is 10.4 Å². The standard InChI is InChI=1S/C17H17Cl2N3O2/c18-14-3-1-2-13(17(14)19)4-5-16(23)21-15-6-8-20-22(15)10-12-7-9-24-11-12/h1-6,8,12H,7,9-11H2,(H,21,23)/b5-4+. The third-order valence-electron chi connectivity index (χ3n) is 3.82. The molecular formula is C17H17Cl2N3O2. The average Bonchev–Trinajstić information content (AvgIpc) is 3.22. The highest BCUT2D eigenvalue weighted by Crippen LogP contribution is 2.26. The number of rotatable bonds is 5. The molecule has 7 heteroatoms. The molecule has 3 rings (SSSR count). The monoisotopic (exact) mass is 365 g/mol.